The third kappa shape index (κ3) is 16.3. The number of hydrogen-bond donors (Lipinski definition) is 0. The van der Waals surface area contributed by atoms with Crippen LogP contribution in [0.15, 0.2) is 427 Å². The van der Waals surface area contributed by atoms with E-state index in [1.165, 1.54) is 196 Å². The van der Waals surface area contributed by atoms with Crippen LogP contribution in [0.1, 0.15) is 153 Å². The van der Waals surface area contributed by atoms with Crippen molar-refractivity contribution >= 4 is 196 Å². The third-order valence-corrected chi connectivity index (χ3v) is 27.9. The van der Waals surface area contributed by atoms with Gasteiger partial charge in [0.15, 0.2) is 0 Å². The molecule has 0 aliphatic heterocycles. The Morgan fingerprint density at radius 3 is 1.11 bits per heavy atom. The summed E-state index contributed by atoms with van der Waals surface area (Å²) in [4.78, 5) is 0. The summed E-state index contributed by atoms with van der Waals surface area (Å²) < 4.78 is 37.0. The van der Waals surface area contributed by atoms with Crippen LogP contribution in [0.3, 0.4) is 0 Å². The molecule has 0 unspecified atom stereocenters. The molecule has 27 rings (SSSR count). The Bertz CT molecular complexity index is 9350. The summed E-state index contributed by atoms with van der Waals surface area (Å²) in [6, 6.07) is 141. The van der Waals surface area contributed by atoms with Crippen molar-refractivity contribution in [2.24, 2.45) is 0 Å². The molecule has 0 aliphatic carbocycles. The number of rotatable bonds is 8. The number of fused-ring (bicyclic) bond motifs is 24. The van der Waals surface area contributed by atoms with Crippen molar-refractivity contribution in [3.63, 3.8) is 0 Å². The highest BCUT2D eigenvalue weighted by atomic mass is 16.3. The molecule has 27 aromatic rings. The van der Waals surface area contributed by atoms with Crippen molar-refractivity contribution < 1.29 is 26.5 Å². The molecular weight excluding hydrogens is 1690 g/mol. The Morgan fingerprint density at radius 2 is 0.554 bits per heavy atom. The van der Waals surface area contributed by atoms with Gasteiger partial charge in [-0.25, -0.2) is 0 Å². The molecule has 0 aliphatic rings. The average Bonchev–Trinajstić information content (AvgIpc) is 1.78. The largest absolute Gasteiger partial charge is 0.456 e. The van der Waals surface area contributed by atoms with Gasteiger partial charge in [-0.3, -0.25) is 0 Å². The van der Waals surface area contributed by atoms with Crippen molar-refractivity contribution in [3.8, 4) is 33.4 Å². The topological polar surface area (TPSA) is 78.8 Å². The zero-order chi connectivity index (χ0) is 95.0. The molecule has 6 heterocycles. The monoisotopic (exact) mass is 1800 g/mol. The van der Waals surface area contributed by atoms with Gasteiger partial charge in [-0.15, -0.1) is 0 Å². The Morgan fingerprint density at radius 1 is 0.180 bits per heavy atom. The van der Waals surface area contributed by atoms with Gasteiger partial charge in [-0.1, -0.05) is 399 Å². The van der Waals surface area contributed by atoms with Crippen molar-refractivity contribution in [1.29, 1.82) is 0 Å². The highest BCUT2D eigenvalue weighted by Crippen LogP contribution is 2.49. The van der Waals surface area contributed by atoms with Crippen molar-refractivity contribution in [1.82, 2.24) is 0 Å². The minimum absolute atomic E-state index is 0.0347. The summed E-state index contributed by atoms with van der Waals surface area (Å²) in [5.74, 6) is 2.28. The van der Waals surface area contributed by atoms with Crippen molar-refractivity contribution in [2.75, 3.05) is 0 Å². The van der Waals surface area contributed by atoms with Crippen LogP contribution in [-0.4, -0.2) is 0 Å². The number of benzene rings is 21. The fourth-order valence-corrected chi connectivity index (χ4v) is 21.3. The van der Waals surface area contributed by atoms with Crippen LogP contribution in [0.5, 0.6) is 0 Å². The van der Waals surface area contributed by atoms with Crippen LogP contribution in [0.25, 0.3) is 230 Å². The van der Waals surface area contributed by atoms with Gasteiger partial charge in [0.2, 0.25) is 0 Å². The molecule has 0 saturated carbocycles. The second kappa shape index (κ2) is 36.6. The summed E-state index contributed by atoms with van der Waals surface area (Å²) in [7, 11) is 0. The molecule has 0 saturated heterocycles. The zero-order valence-corrected chi connectivity index (χ0v) is 80.9. The van der Waals surface area contributed by atoms with E-state index in [0.717, 1.165) is 67.0 Å². The first-order chi connectivity index (χ1) is 67.7. The Labute approximate surface area is 809 Å². The van der Waals surface area contributed by atoms with E-state index in [4.69, 9.17) is 26.5 Å². The maximum Gasteiger partial charge on any atom is 0.143 e. The molecule has 0 N–H and O–H groups in total. The Kier molecular flexibility index (Phi) is 23.2. The SMILES string of the molecule is CC(C)(C)c1c2ccccc2cc2c1oc1ccccc12.CC(C)c1c2ccccc2cc2oc3ccccc3c12.CC(C)c1cc(-c2cccc3ccccc23)c2oc3ccccc3c2c1.CC(C)c1cc2c(cc1-c1cccc3ccccc13)oc1ccccc12.CC(C)c1ccc2oc3ccccc3c2c1-c1cccc2ccccc12.CC(C)c1cccc2oc3cc4ccccc4cc3c12. The lowest BCUT2D eigenvalue weighted by molar-refractivity contribution is 0.578. The lowest BCUT2D eigenvalue weighted by Gasteiger charge is -2.21. The third-order valence-electron chi connectivity index (χ3n) is 27.9. The van der Waals surface area contributed by atoms with Crippen LogP contribution in [0.2, 0.25) is 0 Å². The molecule has 6 nitrogen and oxygen atoms in total. The van der Waals surface area contributed by atoms with Gasteiger partial charge in [0.05, 0.1) is 0 Å². The molecular formula is C133H110O6. The Balaban J connectivity index is 0.0000000964. The number of hydrogen-bond acceptors (Lipinski definition) is 6. The minimum atomic E-state index is 0.0347. The predicted octanol–water partition coefficient (Wildman–Crippen LogP) is 40.4. The zero-order valence-electron chi connectivity index (χ0n) is 80.9. The highest BCUT2D eigenvalue weighted by Gasteiger charge is 2.27. The summed E-state index contributed by atoms with van der Waals surface area (Å²) in [5, 5.41) is 29.9. The maximum atomic E-state index is 6.32. The van der Waals surface area contributed by atoms with E-state index < -0.39 is 0 Å². The van der Waals surface area contributed by atoms with E-state index in [1.54, 1.807) is 0 Å². The first kappa shape index (κ1) is 88.3. The Hall–Kier alpha value is -16.0. The van der Waals surface area contributed by atoms with Gasteiger partial charge in [0.25, 0.3) is 0 Å². The van der Waals surface area contributed by atoms with Crippen LogP contribution in [0.4, 0.5) is 0 Å². The van der Waals surface area contributed by atoms with Crippen LogP contribution in [-0.2, 0) is 5.41 Å². The van der Waals surface area contributed by atoms with Gasteiger partial charge in [-0.2, -0.15) is 0 Å². The van der Waals surface area contributed by atoms with E-state index in [9.17, 15) is 0 Å². The normalized spacial score (nSPS) is 12.0. The number of furan rings is 6. The molecule has 0 radical (unpaired) electrons. The minimum Gasteiger partial charge on any atom is -0.456 e. The van der Waals surface area contributed by atoms with Gasteiger partial charge in [-0.05, 0) is 246 Å². The molecule has 0 amide bonds. The predicted molar refractivity (Wildman–Crippen MR) is 593 cm³/mol. The number of para-hydroxylation sites is 5. The van der Waals surface area contributed by atoms with E-state index in [0.29, 0.717) is 29.6 Å². The molecule has 139 heavy (non-hydrogen) atoms. The van der Waals surface area contributed by atoms with Crippen LogP contribution < -0.4 is 0 Å². The fourth-order valence-electron chi connectivity index (χ4n) is 21.3. The first-order valence-corrected chi connectivity index (χ1v) is 49.0. The second-order valence-corrected chi connectivity index (χ2v) is 39.6. The maximum absolute atomic E-state index is 6.32. The molecule has 0 fully saturated rings. The summed E-state index contributed by atoms with van der Waals surface area (Å²) in [5.41, 5.74) is 27.4. The average molecular weight is 1800 g/mol. The second-order valence-electron chi connectivity index (χ2n) is 39.6. The lowest BCUT2D eigenvalue weighted by Crippen LogP contribution is -2.12. The fraction of sp³-hybridized carbons (Fsp3) is 0.143. The highest BCUT2D eigenvalue weighted by molar-refractivity contribution is 6.20. The molecule has 6 aromatic heterocycles. The molecule has 0 spiro atoms. The van der Waals surface area contributed by atoms with Crippen LogP contribution >= 0.6 is 0 Å². The van der Waals surface area contributed by atoms with E-state index in [2.05, 4.69) is 442 Å². The summed E-state index contributed by atoms with van der Waals surface area (Å²) in [6.07, 6.45) is 0. The van der Waals surface area contributed by atoms with Crippen LogP contribution in [0, 0.1) is 0 Å². The van der Waals surface area contributed by atoms with E-state index >= 15 is 0 Å². The van der Waals surface area contributed by atoms with E-state index in [1.807, 2.05) is 48.5 Å². The van der Waals surface area contributed by atoms with Crippen molar-refractivity contribution in [2.45, 2.75) is 125 Å². The molecule has 21 aromatic carbocycles. The van der Waals surface area contributed by atoms with Gasteiger partial charge in [0, 0.05) is 75.8 Å². The summed E-state index contributed by atoms with van der Waals surface area (Å²) >= 11 is 0. The van der Waals surface area contributed by atoms with Gasteiger partial charge in [0.1, 0.15) is 67.0 Å². The lowest BCUT2D eigenvalue weighted by atomic mass is 9.82. The molecule has 0 atom stereocenters. The first-order valence-electron chi connectivity index (χ1n) is 49.0. The van der Waals surface area contributed by atoms with Gasteiger partial charge >= 0.3 is 0 Å². The van der Waals surface area contributed by atoms with Crippen molar-refractivity contribution in [3.05, 3.63) is 434 Å². The summed E-state index contributed by atoms with van der Waals surface area (Å²) in [6.45, 7) is 29.3. The molecule has 6 heteroatoms. The van der Waals surface area contributed by atoms with E-state index in [-0.39, 0.29) is 5.41 Å². The smallest absolute Gasteiger partial charge is 0.143 e. The van der Waals surface area contributed by atoms with Gasteiger partial charge < -0.3 is 26.5 Å². The molecule has 678 valence electrons. The molecule has 0 bridgehead atoms. The standard InChI is InChI=1S/3C25H20O.C20H18O.2C19H16O/c1-16(2)18-14-22(20-12-7-9-17-8-3-4-10-19(17)20)25-23(15-18)21-11-5-6-13-24(21)26-25;1-16(2)21-14-23-20-11-5-6-13-24(20)26-25(23)15-22(21)19-12-7-9-17-8-3-4-10-18(17)19;1-16(2)18-14-15-23-25(21-11-5-6-13-22(21)26-23)24(18)20-12-7-9-17-8-3-4-10-19(17)20;1-20(2,3)18-14-9-5-4-8-13(14)12-16-15-10-6-7-11-17(15)21-19(16)18;1-12(2)18-14-8-4-3-7-13(14)11-17-19(18)15-9-5-6-10-16(15)20-17;1-12(2)15-8-5-9-17-19(15)16-10-13-6-3-4-7-14(13)11-18(16)20-17/h3*3-16H,1-2H3;4-12H,1-3H3;2*3-12H,1-2H3. The quantitative estimate of drug-likeness (QED) is 0.151.